The first-order chi connectivity index (χ1) is 21.4. The van der Waals surface area contributed by atoms with Crippen molar-refractivity contribution in [2.75, 3.05) is 13.7 Å². The van der Waals surface area contributed by atoms with E-state index in [2.05, 4.69) is 17.6 Å². The molecule has 1 aromatic carbocycles. The lowest BCUT2D eigenvalue weighted by atomic mass is 9.94. The fourth-order valence-corrected chi connectivity index (χ4v) is 5.19. The Bertz CT molecular complexity index is 1070. The van der Waals surface area contributed by atoms with E-state index in [9.17, 15) is 29.7 Å². The van der Waals surface area contributed by atoms with Crippen molar-refractivity contribution in [3.63, 3.8) is 0 Å². The number of unbranched alkanes of at least 4 members (excludes halogenated alkanes) is 7. The second-order valence-corrected chi connectivity index (χ2v) is 13.2. The molecule has 10 nitrogen and oxygen atoms in total. The Balaban J connectivity index is 1.83. The van der Waals surface area contributed by atoms with Gasteiger partial charge in [-0.15, -0.1) is 0 Å². The molecule has 10 heteroatoms. The van der Waals surface area contributed by atoms with Crippen molar-refractivity contribution in [1.29, 1.82) is 0 Å². The van der Waals surface area contributed by atoms with Crippen LogP contribution < -0.4 is 10.6 Å². The second kappa shape index (κ2) is 19.7. The predicted molar refractivity (Wildman–Crippen MR) is 174 cm³/mol. The molecule has 254 valence electrons. The number of aliphatic hydroxyl groups is 3. The average Bonchev–Trinajstić information content (AvgIpc) is 3.17. The Labute approximate surface area is 269 Å². The molecular formula is C35H56N2O8. The summed E-state index contributed by atoms with van der Waals surface area (Å²) in [5.41, 5.74) is 1.35. The molecular weight excluding hydrogens is 576 g/mol. The van der Waals surface area contributed by atoms with Crippen LogP contribution in [0.1, 0.15) is 108 Å². The van der Waals surface area contributed by atoms with Gasteiger partial charge in [-0.3, -0.25) is 9.59 Å². The maximum atomic E-state index is 12.9. The van der Waals surface area contributed by atoms with Crippen molar-refractivity contribution in [2.45, 2.75) is 135 Å². The lowest BCUT2D eigenvalue weighted by Gasteiger charge is -2.28. The van der Waals surface area contributed by atoms with Crippen LogP contribution in [0.4, 0.5) is 0 Å². The highest BCUT2D eigenvalue weighted by molar-refractivity contribution is 5.91. The quantitative estimate of drug-likeness (QED) is 0.0925. The lowest BCUT2D eigenvalue weighted by Crippen LogP contribution is -2.55. The number of ether oxygens (including phenoxy) is 2. The normalized spacial score (nSPS) is 20.1. The third-order valence-electron chi connectivity index (χ3n) is 8.01. The maximum absolute atomic E-state index is 12.9. The third kappa shape index (κ3) is 14.0. The summed E-state index contributed by atoms with van der Waals surface area (Å²) >= 11 is 0. The first-order valence-electron chi connectivity index (χ1n) is 16.5. The van der Waals surface area contributed by atoms with Gasteiger partial charge in [0.2, 0.25) is 5.91 Å². The average molecular weight is 633 g/mol. The van der Waals surface area contributed by atoms with Crippen LogP contribution in [0.3, 0.4) is 0 Å². The number of hydrogen-bond donors (Lipinski definition) is 5. The van der Waals surface area contributed by atoms with Gasteiger partial charge in [-0.25, -0.2) is 4.79 Å². The summed E-state index contributed by atoms with van der Waals surface area (Å²) in [4.78, 5) is 38.5. The molecule has 1 fully saturated rings. The maximum Gasteiger partial charge on any atom is 0.338 e. The molecule has 1 heterocycles. The van der Waals surface area contributed by atoms with Gasteiger partial charge >= 0.3 is 5.97 Å². The smallest absolute Gasteiger partial charge is 0.338 e. The van der Waals surface area contributed by atoms with Crippen LogP contribution in [0.5, 0.6) is 0 Å². The van der Waals surface area contributed by atoms with E-state index in [4.69, 9.17) is 9.47 Å². The summed E-state index contributed by atoms with van der Waals surface area (Å²) < 4.78 is 10.8. The number of allylic oxidation sites excluding steroid dienone is 1. The van der Waals surface area contributed by atoms with Crippen molar-refractivity contribution in [2.24, 2.45) is 5.41 Å². The van der Waals surface area contributed by atoms with Crippen LogP contribution in [-0.4, -0.2) is 83.3 Å². The van der Waals surface area contributed by atoms with Gasteiger partial charge < -0.3 is 35.4 Å². The minimum absolute atomic E-state index is 0.0921. The third-order valence-corrected chi connectivity index (χ3v) is 8.01. The molecule has 1 aliphatic rings. The monoisotopic (exact) mass is 632 g/mol. The second-order valence-electron chi connectivity index (χ2n) is 13.2. The summed E-state index contributed by atoms with van der Waals surface area (Å²) in [5.74, 6) is -1.77. The number of methoxy groups -OCH3 is 1. The number of amides is 2. The van der Waals surface area contributed by atoms with Crippen molar-refractivity contribution < 1.29 is 39.2 Å². The van der Waals surface area contributed by atoms with Gasteiger partial charge in [0.1, 0.15) is 30.5 Å². The Hall–Kier alpha value is -2.79. The number of carbonyl (C=O) groups excluding carboxylic acids is 3. The summed E-state index contributed by atoms with van der Waals surface area (Å²) in [6, 6.07) is 6.47. The topological polar surface area (TPSA) is 154 Å². The van der Waals surface area contributed by atoms with Crippen molar-refractivity contribution >= 4 is 17.8 Å². The van der Waals surface area contributed by atoms with E-state index < -0.39 is 54.3 Å². The molecule has 2 rings (SSSR count). The van der Waals surface area contributed by atoms with Gasteiger partial charge in [-0.05, 0) is 48.8 Å². The first kappa shape index (κ1) is 38.4. The predicted octanol–water partition coefficient (Wildman–Crippen LogP) is 3.99. The number of carbonyl (C=O) groups is 3. The number of nitrogens with one attached hydrogen (secondary N) is 2. The Morgan fingerprint density at radius 1 is 0.978 bits per heavy atom. The first-order valence-corrected chi connectivity index (χ1v) is 16.5. The van der Waals surface area contributed by atoms with Gasteiger partial charge in [0.05, 0.1) is 12.1 Å². The molecule has 5 N–H and O–H groups in total. The van der Waals surface area contributed by atoms with Crippen LogP contribution in [-0.2, 0) is 25.5 Å². The van der Waals surface area contributed by atoms with E-state index in [-0.39, 0.29) is 18.4 Å². The van der Waals surface area contributed by atoms with Crippen LogP contribution in [0.2, 0.25) is 0 Å². The van der Waals surface area contributed by atoms with Gasteiger partial charge in [-0.1, -0.05) is 96.9 Å². The van der Waals surface area contributed by atoms with E-state index in [1.807, 2.05) is 32.9 Å². The number of benzene rings is 1. The molecule has 1 aliphatic heterocycles. The minimum Gasteiger partial charge on any atom is -0.457 e. The molecule has 0 aromatic heterocycles. The van der Waals surface area contributed by atoms with Gasteiger partial charge in [0, 0.05) is 7.11 Å². The Morgan fingerprint density at radius 2 is 1.60 bits per heavy atom. The minimum atomic E-state index is -1.76. The van der Waals surface area contributed by atoms with Gasteiger partial charge in [0.15, 0.2) is 6.10 Å². The fourth-order valence-electron chi connectivity index (χ4n) is 5.19. The molecule has 1 aromatic rings. The summed E-state index contributed by atoms with van der Waals surface area (Å²) in [6.07, 6.45) is 7.58. The van der Waals surface area contributed by atoms with Crippen LogP contribution in [0, 0.1) is 5.41 Å². The molecule has 0 bridgehead atoms. The molecule has 6 atom stereocenters. The number of esters is 1. The van der Waals surface area contributed by atoms with Crippen LogP contribution in [0.25, 0.3) is 0 Å². The van der Waals surface area contributed by atoms with Crippen molar-refractivity contribution in [3.8, 4) is 0 Å². The van der Waals surface area contributed by atoms with Crippen molar-refractivity contribution in [3.05, 3.63) is 47.5 Å². The largest absolute Gasteiger partial charge is 0.457 e. The lowest BCUT2D eigenvalue weighted by molar-refractivity contribution is -0.150. The number of aliphatic hydroxyl groups excluding tert-OH is 3. The number of aryl methyl sites for hydroxylation is 1. The Kier molecular flexibility index (Phi) is 16.8. The van der Waals surface area contributed by atoms with E-state index >= 15 is 0 Å². The molecule has 0 saturated carbocycles. The molecule has 0 spiro atoms. The number of rotatable bonds is 18. The molecule has 1 saturated heterocycles. The SMILES string of the molecule is CCCCCCCCCCc1ccc(C(=O)O[C@@H]2CCC(NC(=O)[C@H](OC)[C@H](O)[C@@H](O)[C@H](O)/C=C/C(C)(C)C)C(=O)NC2)cc1. The highest BCUT2D eigenvalue weighted by atomic mass is 16.5. The molecule has 1 unspecified atom stereocenters. The molecule has 2 amide bonds. The van der Waals surface area contributed by atoms with Gasteiger partial charge in [0.25, 0.3) is 5.91 Å². The van der Waals surface area contributed by atoms with E-state index in [1.165, 1.54) is 63.7 Å². The zero-order chi connectivity index (χ0) is 33.4. The van der Waals surface area contributed by atoms with Crippen LogP contribution in [0.15, 0.2) is 36.4 Å². The van der Waals surface area contributed by atoms with Crippen molar-refractivity contribution in [1.82, 2.24) is 10.6 Å². The summed E-state index contributed by atoms with van der Waals surface area (Å²) in [5, 5.41) is 36.5. The Morgan fingerprint density at radius 3 is 2.20 bits per heavy atom. The molecule has 0 radical (unpaired) electrons. The zero-order valence-electron chi connectivity index (χ0n) is 27.8. The molecule has 0 aliphatic carbocycles. The zero-order valence-corrected chi connectivity index (χ0v) is 27.8. The number of hydrogen-bond acceptors (Lipinski definition) is 8. The van der Waals surface area contributed by atoms with E-state index in [1.54, 1.807) is 18.2 Å². The summed E-state index contributed by atoms with van der Waals surface area (Å²) in [7, 11) is 1.18. The standard InChI is InChI=1S/C35H56N2O8/c1-6-7-8-9-10-11-12-13-14-24-15-17-25(18-16-24)34(43)45-26-19-20-27(32(41)36-23-26)37-33(42)31(44-5)30(40)29(39)28(38)21-22-35(2,3)4/h15-18,21-22,26-31,38-40H,6-14,19-20,23H2,1-5H3,(H,36,41)(H,37,42)/b22-21+/t26-,27?,28-,29+,30-,31-/m1/s1. The van der Waals surface area contributed by atoms with Gasteiger partial charge in [-0.2, -0.15) is 0 Å². The van der Waals surface area contributed by atoms with E-state index in [0.29, 0.717) is 12.0 Å². The summed E-state index contributed by atoms with van der Waals surface area (Å²) in [6.45, 7) is 8.04. The molecule has 45 heavy (non-hydrogen) atoms. The van der Waals surface area contributed by atoms with E-state index in [0.717, 1.165) is 12.8 Å². The highest BCUT2D eigenvalue weighted by Gasteiger charge is 2.37. The fraction of sp³-hybridized carbons (Fsp3) is 0.686. The van der Waals surface area contributed by atoms with Crippen LogP contribution >= 0.6 is 0 Å². The highest BCUT2D eigenvalue weighted by Crippen LogP contribution is 2.18.